The molecule has 0 amide bonds. The topological polar surface area (TPSA) is 43.4 Å². The van der Waals surface area contributed by atoms with Crippen LogP contribution in [0.2, 0.25) is 0 Å². The van der Waals surface area contributed by atoms with Gasteiger partial charge in [0.15, 0.2) is 0 Å². The Labute approximate surface area is 68.4 Å². The van der Waals surface area contributed by atoms with Crippen LogP contribution in [0.5, 0.6) is 0 Å². The molecule has 3 nitrogen and oxygen atoms in total. The van der Waals surface area contributed by atoms with E-state index in [0.29, 0.717) is 0 Å². The number of hydrogen-bond donors (Lipinski definition) is 0. The summed E-state index contributed by atoms with van der Waals surface area (Å²) in [6.07, 6.45) is 2.63. The molecule has 0 fully saturated rings. The Balaban J connectivity index is 3.53. The van der Waals surface area contributed by atoms with Crippen LogP contribution in [-0.4, -0.2) is 21.3 Å². The lowest BCUT2D eigenvalue weighted by Crippen LogP contribution is -2.01. The molecule has 0 aliphatic heterocycles. The summed E-state index contributed by atoms with van der Waals surface area (Å²) >= 11 is 1.98. The van der Waals surface area contributed by atoms with Crippen molar-refractivity contribution < 1.29 is 12.6 Å². The molecule has 0 aliphatic carbocycles. The summed E-state index contributed by atoms with van der Waals surface area (Å²) in [6, 6.07) is 0. The maximum Gasteiger partial charge on any atom is 0.264 e. The third kappa shape index (κ3) is 8.38. The summed E-state index contributed by atoms with van der Waals surface area (Å²) in [4.78, 5) is 0. The Morgan fingerprint density at radius 1 is 1.67 bits per heavy atom. The lowest BCUT2D eigenvalue weighted by atomic mass is 10.7. The van der Waals surface area contributed by atoms with Gasteiger partial charge < -0.3 is 0 Å². The molecule has 0 bridgehead atoms. The third-order valence-corrected chi connectivity index (χ3v) is 1.54. The van der Waals surface area contributed by atoms with Gasteiger partial charge in [-0.25, -0.2) is 0 Å². The molecule has 0 radical (unpaired) electrons. The van der Waals surface area contributed by atoms with Gasteiger partial charge in [0.1, 0.15) is 0 Å². The molecule has 0 N–H and O–H groups in total. The molecule has 0 aliphatic rings. The smallest absolute Gasteiger partial charge is 0.264 e. The van der Waals surface area contributed by atoms with Crippen LogP contribution in [0.15, 0.2) is 10.2 Å². The molecule has 0 aromatic carbocycles. The third-order valence-electron chi connectivity index (χ3n) is 0.467. The van der Waals surface area contributed by atoms with Crippen LogP contribution >= 0.6 is 22.6 Å². The lowest BCUT2D eigenvalue weighted by Gasteiger charge is -1.92. The van der Waals surface area contributed by atoms with Gasteiger partial charge in [0.05, 0.1) is 12.9 Å². The molecule has 0 heterocycles. The molecule has 0 unspecified atom stereocenters. The minimum Gasteiger partial charge on any atom is -0.266 e. The van der Waals surface area contributed by atoms with Crippen molar-refractivity contribution in [1.82, 2.24) is 0 Å². The number of hydrogen-bond acceptors (Lipinski definition) is 3. The Morgan fingerprint density at radius 3 is 2.56 bits per heavy atom. The van der Waals surface area contributed by atoms with E-state index < -0.39 is 10.1 Å². The maximum absolute atomic E-state index is 10.2. The van der Waals surface area contributed by atoms with E-state index >= 15 is 0 Å². The molecule has 9 heavy (non-hydrogen) atoms. The Hall–Kier alpha value is 0.380. The highest BCUT2D eigenvalue weighted by Crippen LogP contribution is 1.89. The number of rotatable bonds is 3. The summed E-state index contributed by atoms with van der Waals surface area (Å²) in [7, 11) is -3.25. The standard InChI is InChI=1S/C4H7IO3S/c1-9(6,7)8-4-2-3-5/h2-3H,4H2,1H3/b3-2-. The second kappa shape index (κ2) is 4.24. The molecule has 0 aromatic heterocycles. The van der Waals surface area contributed by atoms with Gasteiger partial charge in [-0.15, -0.1) is 0 Å². The van der Waals surface area contributed by atoms with Gasteiger partial charge in [-0.3, -0.25) is 4.18 Å². The molecule has 0 aromatic rings. The van der Waals surface area contributed by atoms with Gasteiger partial charge in [-0.05, 0) is 4.08 Å². The summed E-state index contributed by atoms with van der Waals surface area (Å²) in [5.74, 6) is 0. The number of halogens is 1. The van der Waals surface area contributed by atoms with Crippen molar-refractivity contribution >= 4 is 32.7 Å². The summed E-state index contributed by atoms with van der Waals surface area (Å²) in [5.41, 5.74) is 0. The van der Waals surface area contributed by atoms with Crippen molar-refractivity contribution in [2.24, 2.45) is 0 Å². The zero-order valence-corrected chi connectivity index (χ0v) is 7.85. The van der Waals surface area contributed by atoms with Crippen LogP contribution in [0.4, 0.5) is 0 Å². The van der Waals surface area contributed by atoms with E-state index in [-0.39, 0.29) is 6.61 Å². The molecule has 0 saturated heterocycles. The van der Waals surface area contributed by atoms with E-state index in [0.717, 1.165) is 6.26 Å². The predicted octanol–water partition coefficient (Wildman–Crippen LogP) is 0.911. The van der Waals surface area contributed by atoms with Crippen LogP contribution in [0.3, 0.4) is 0 Å². The highest BCUT2D eigenvalue weighted by Gasteiger charge is 1.96. The highest BCUT2D eigenvalue weighted by molar-refractivity contribution is 14.1. The predicted molar refractivity (Wildman–Crippen MR) is 44.0 cm³/mol. The normalized spacial score (nSPS) is 12.7. The molecule has 0 saturated carbocycles. The average molecular weight is 262 g/mol. The first kappa shape index (κ1) is 9.38. The van der Waals surface area contributed by atoms with Crippen molar-refractivity contribution in [3.63, 3.8) is 0 Å². The molecule has 0 atom stereocenters. The second-order valence-electron chi connectivity index (χ2n) is 1.35. The zero-order valence-electron chi connectivity index (χ0n) is 4.87. The zero-order chi connectivity index (χ0) is 7.33. The van der Waals surface area contributed by atoms with Crippen LogP contribution in [0.25, 0.3) is 0 Å². The average Bonchev–Trinajstić information content (AvgIpc) is 1.63. The highest BCUT2D eigenvalue weighted by atomic mass is 127. The first-order valence-corrected chi connectivity index (χ1v) is 5.22. The molecule has 0 spiro atoms. The lowest BCUT2D eigenvalue weighted by molar-refractivity contribution is 0.362. The van der Waals surface area contributed by atoms with Crippen LogP contribution in [0.1, 0.15) is 0 Å². The fraction of sp³-hybridized carbons (Fsp3) is 0.500. The van der Waals surface area contributed by atoms with Crippen molar-refractivity contribution in [3.05, 3.63) is 10.2 Å². The van der Waals surface area contributed by atoms with Gasteiger partial charge in [0.2, 0.25) is 0 Å². The van der Waals surface area contributed by atoms with E-state index in [4.69, 9.17) is 0 Å². The van der Waals surface area contributed by atoms with Gasteiger partial charge >= 0.3 is 0 Å². The first-order chi connectivity index (χ1) is 4.06. The van der Waals surface area contributed by atoms with Crippen molar-refractivity contribution in [2.45, 2.75) is 0 Å². The van der Waals surface area contributed by atoms with Gasteiger partial charge in [0.25, 0.3) is 10.1 Å². The van der Waals surface area contributed by atoms with Gasteiger partial charge in [-0.2, -0.15) is 8.42 Å². The molecular formula is C4H7IO3S. The van der Waals surface area contributed by atoms with E-state index in [9.17, 15) is 8.42 Å². The Morgan fingerprint density at radius 2 is 2.22 bits per heavy atom. The fourth-order valence-electron chi connectivity index (χ4n) is 0.199. The molecule has 0 rings (SSSR count). The first-order valence-electron chi connectivity index (χ1n) is 2.16. The van der Waals surface area contributed by atoms with Crippen molar-refractivity contribution in [1.29, 1.82) is 0 Å². The minimum atomic E-state index is -3.25. The SMILES string of the molecule is CS(=O)(=O)OC/C=C\I. The van der Waals surface area contributed by atoms with E-state index in [2.05, 4.69) is 4.18 Å². The molecule has 5 heteroatoms. The molecular weight excluding hydrogens is 255 g/mol. The minimum absolute atomic E-state index is 0.127. The quantitative estimate of drug-likeness (QED) is 0.561. The monoisotopic (exact) mass is 262 g/mol. The largest absolute Gasteiger partial charge is 0.266 e. The van der Waals surface area contributed by atoms with Crippen molar-refractivity contribution in [3.8, 4) is 0 Å². The van der Waals surface area contributed by atoms with Crippen molar-refractivity contribution in [2.75, 3.05) is 12.9 Å². The van der Waals surface area contributed by atoms with Crippen LogP contribution < -0.4 is 0 Å². The fourth-order valence-corrected chi connectivity index (χ4v) is 0.733. The maximum atomic E-state index is 10.2. The van der Waals surface area contributed by atoms with Gasteiger partial charge in [0, 0.05) is 0 Å². The van der Waals surface area contributed by atoms with Gasteiger partial charge in [-0.1, -0.05) is 28.7 Å². The Kier molecular flexibility index (Phi) is 4.41. The second-order valence-corrected chi connectivity index (χ2v) is 3.71. The van der Waals surface area contributed by atoms with Crippen LogP contribution in [-0.2, 0) is 14.3 Å². The summed E-state index contributed by atoms with van der Waals surface area (Å²) in [6.45, 7) is 0.127. The summed E-state index contributed by atoms with van der Waals surface area (Å²) in [5, 5.41) is 0. The van der Waals surface area contributed by atoms with Crippen LogP contribution in [0, 0.1) is 0 Å². The van der Waals surface area contributed by atoms with E-state index in [1.807, 2.05) is 22.6 Å². The van der Waals surface area contributed by atoms with E-state index in [1.165, 1.54) is 0 Å². The summed E-state index contributed by atoms with van der Waals surface area (Å²) < 4.78 is 26.5. The molecule has 54 valence electrons. The Bertz CT molecular complexity index is 182. The van der Waals surface area contributed by atoms with E-state index in [1.54, 1.807) is 10.2 Å².